The van der Waals surface area contributed by atoms with Gasteiger partial charge in [0.1, 0.15) is 5.75 Å². The predicted molar refractivity (Wildman–Crippen MR) is 130 cm³/mol. The molecule has 0 aromatic heterocycles. The van der Waals surface area contributed by atoms with E-state index >= 15 is 0 Å². The molecule has 3 rings (SSSR count). The standard InChI is InChI=1S/C26H25N3O6/c1-17-5-4-6-20(13-17)26(32)35-21-10-7-18(8-11-21)15-28-29-24(30)16-27-25(31)19-9-12-22(33-2)23(14-19)34-3/h4-15H,16H2,1-3H3,(H,27,31)(H,29,30)/b28-15+. The first kappa shape index (κ1) is 25.0. The highest BCUT2D eigenvalue weighted by Crippen LogP contribution is 2.27. The Kier molecular flexibility index (Phi) is 8.55. The second kappa shape index (κ2) is 12.0. The number of hydrogen-bond donors (Lipinski definition) is 2. The lowest BCUT2D eigenvalue weighted by Gasteiger charge is -2.09. The molecular weight excluding hydrogens is 450 g/mol. The third-order valence-electron chi connectivity index (χ3n) is 4.80. The van der Waals surface area contributed by atoms with E-state index in [-0.39, 0.29) is 6.54 Å². The van der Waals surface area contributed by atoms with Crippen LogP contribution in [0.5, 0.6) is 17.2 Å². The number of carbonyl (C=O) groups is 3. The Balaban J connectivity index is 1.46. The van der Waals surface area contributed by atoms with Gasteiger partial charge in [-0.25, -0.2) is 10.2 Å². The van der Waals surface area contributed by atoms with Gasteiger partial charge in [0.25, 0.3) is 11.8 Å². The van der Waals surface area contributed by atoms with Gasteiger partial charge < -0.3 is 19.5 Å². The molecule has 0 saturated heterocycles. The summed E-state index contributed by atoms with van der Waals surface area (Å²) in [5, 5.41) is 6.38. The predicted octanol–water partition coefficient (Wildman–Crippen LogP) is 3.11. The zero-order chi connectivity index (χ0) is 25.2. The molecule has 9 heteroatoms. The fraction of sp³-hybridized carbons (Fsp3) is 0.154. The van der Waals surface area contributed by atoms with Crippen molar-refractivity contribution in [3.05, 3.63) is 89.0 Å². The Morgan fingerprint density at radius 1 is 0.886 bits per heavy atom. The van der Waals surface area contributed by atoms with Crippen molar-refractivity contribution in [3.63, 3.8) is 0 Å². The molecule has 35 heavy (non-hydrogen) atoms. The first-order chi connectivity index (χ1) is 16.9. The number of hydrogen-bond acceptors (Lipinski definition) is 7. The van der Waals surface area contributed by atoms with Crippen LogP contribution in [0.4, 0.5) is 0 Å². The Morgan fingerprint density at radius 2 is 1.63 bits per heavy atom. The summed E-state index contributed by atoms with van der Waals surface area (Å²) in [6.07, 6.45) is 1.43. The molecule has 3 aromatic rings. The fourth-order valence-electron chi connectivity index (χ4n) is 3.02. The molecule has 0 spiro atoms. The van der Waals surface area contributed by atoms with Crippen LogP contribution < -0.4 is 25.0 Å². The van der Waals surface area contributed by atoms with Crippen LogP contribution in [0.1, 0.15) is 31.8 Å². The van der Waals surface area contributed by atoms with Crippen LogP contribution in [0.2, 0.25) is 0 Å². The van der Waals surface area contributed by atoms with E-state index in [0.29, 0.717) is 33.9 Å². The van der Waals surface area contributed by atoms with Crippen LogP contribution in [0.3, 0.4) is 0 Å². The van der Waals surface area contributed by atoms with Gasteiger partial charge in [-0.3, -0.25) is 9.59 Å². The van der Waals surface area contributed by atoms with E-state index in [1.165, 1.54) is 26.5 Å². The molecule has 3 aromatic carbocycles. The summed E-state index contributed by atoms with van der Waals surface area (Å²) < 4.78 is 15.7. The maximum absolute atomic E-state index is 12.3. The quantitative estimate of drug-likeness (QED) is 0.213. The van der Waals surface area contributed by atoms with E-state index in [9.17, 15) is 14.4 Å². The number of hydrazone groups is 1. The highest BCUT2D eigenvalue weighted by Gasteiger charge is 2.12. The maximum Gasteiger partial charge on any atom is 0.343 e. The molecule has 2 N–H and O–H groups in total. The summed E-state index contributed by atoms with van der Waals surface area (Å²) in [5.41, 5.74) is 4.77. The SMILES string of the molecule is COc1ccc(C(=O)NCC(=O)N/N=C/c2ccc(OC(=O)c3cccc(C)c3)cc2)cc1OC. The van der Waals surface area contributed by atoms with Crippen molar-refractivity contribution >= 4 is 24.0 Å². The van der Waals surface area contributed by atoms with Crippen molar-refractivity contribution in [1.29, 1.82) is 0 Å². The van der Waals surface area contributed by atoms with Gasteiger partial charge in [-0.05, 0) is 67.1 Å². The first-order valence-electron chi connectivity index (χ1n) is 10.6. The van der Waals surface area contributed by atoms with Crippen molar-refractivity contribution < 1.29 is 28.6 Å². The molecule has 0 bridgehead atoms. The van der Waals surface area contributed by atoms with E-state index in [1.807, 2.05) is 13.0 Å². The fourth-order valence-corrected chi connectivity index (χ4v) is 3.02. The number of esters is 1. The average molecular weight is 476 g/mol. The Labute approximate surface area is 202 Å². The summed E-state index contributed by atoms with van der Waals surface area (Å²) in [7, 11) is 2.97. The van der Waals surface area contributed by atoms with Crippen LogP contribution >= 0.6 is 0 Å². The zero-order valence-electron chi connectivity index (χ0n) is 19.5. The van der Waals surface area contributed by atoms with E-state index in [1.54, 1.807) is 54.6 Å². The molecule has 0 saturated carbocycles. The second-order valence-electron chi connectivity index (χ2n) is 7.37. The van der Waals surface area contributed by atoms with Gasteiger partial charge >= 0.3 is 5.97 Å². The van der Waals surface area contributed by atoms with Crippen LogP contribution in [-0.2, 0) is 4.79 Å². The Morgan fingerprint density at radius 3 is 2.31 bits per heavy atom. The van der Waals surface area contributed by atoms with Gasteiger partial charge in [-0.15, -0.1) is 0 Å². The number of ether oxygens (including phenoxy) is 3. The third-order valence-corrected chi connectivity index (χ3v) is 4.80. The number of nitrogens with zero attached hydrogens (tertiary/aromatic N) is 1. The van der Waals surface area contributed by atoms with Gasteiger partial charge in [-0.2, -0.15) is 5.10 Å². The van der Waals surface area contributed by atoms with Crippen molar-refractivity contribution in [2.45, 2.75) is 6.92 Å². The number of aryl methyl sites for hydroxylation is 1. The summed E-state index contributed by atoms with van der Waals surface area (Å²) in [6.45, 7) is 1.63. The number of benzene rings is 3. The van der Waals surface area contributed by atoms with E-state index < -0.39 is 17.8 Å². The largest absolute Gasteiger partial charge is 0.493 e. The van der Waals surface area contributed by atoms with Crippen LogP contribution in [-0.4, -0.2) is 44.8 Å². The van der Waals surface area contributed by atoms with Gasteiger partial charge in [0, 0.05) is 5.56 Å². The molecule has 0 fully saturated rings. The van der Waals surface area contributed by atoms with E-state index in [2.05, 4.69) is 15.8 Å². The zero-order valence-corrected chi connectivity index (χ0v) is 19.5. The van der Waals surface area contributed by atoms with Crippen LogP contribution in [0, 0.1) is 6.92 Å². The summed E-state index contributed by atoms with van der Waals surface area (Å²) in [5.74, 6) is -0.105. The van der Waals surface area contributed by atoms with Gasteiger partial charge in [0.15, 0.2) is 11.5 Å². The molecule has 0 aliphatic rings. The van der Waals surface area contributed by atoms with E-state index in [0.717, 1.165) is 5.56 Å². The van der Waals surface area contributed by atoms with Crippen LogP contribution in [0.25, 0.3) is 0 Å². The monoisotopic (exact) mass is 475 g/mol. The lowest BCUT2D eigenvalue weighted by Crippen LogP contribution is -2.34. The summed E-state index contributed by atoms with van der Waals surface area (Å²) in [6, 6.07) is 18.4. The minimum atomic E-state index is -0.501. The Bertz CT molecular complexity index is 1240. The number of amides is 2. The lowest BCUT2D eigenvalue weighted by molar-refractivity contribution is -0.120. The average Bonchev–Trinajstić information content (AvgIpc) is 2.87. The Hall–Kier alpha value is -4.66. The molecule has 9 nitrogen and oxygen atoms in total. The van der Waals surface area contributed by atoms with Crippen molar-refractivity contribution in [2.24, 2.45) is 5.10 Å². The minimum Gasteiger partial charge on any atom is -0.493 e. The van der Waals surface area contributed by atoms with Crippen molar-refractivity contribution in [2.75, 3.05) is 20.8 Å². The number of rotatable bonds is 9. The van der Waals surface area contributed by atoms with Gasteiger partial charge in [0.2, 0.25) is 0 Å². The first-order valence-corrected chi connectivity index (χ1v) is 10.6. The van der Waals surface area contributed by atoms with Crippen molar-refractivity contribution in [3.8, 4) is 17.2 Å². The van der Waals surface area contributed by atoms with Gasteiger partial charge in [0.05, 0.1) is 32.5 Å². The third kappa shape index (κ3) is 7.16. The summed E-state index contributed by atoms with van der Waals surface area (Å²) >= 11 is 0. The van der Waals surface area contributed by atoms with Crippen molar-refractivity contribution in [1.82, 2.24) is 10.7 Å². The molecule has 0 aliphatic heterocycles. The number of carbonyl (C=O) groups excluding carboxylic acids is 3. The molecule has 0 radical (unpaired) electrons. The maximum atomic E-state index is 12.3. The smallest absolute Gasteiger partial charge is 0.343 e. The van der Waals surface area contributed by atoms with Crippen LogP contribution in [0.15, 0.2) is 71.8 Å². The molecule has 0 heterocycles. The van der Waals surface area contributed by atoms with E-state index in [4.69, 9.17) is 14.2 Å². The minimum absolute atomic E-state index is 0.266. The molecule has 180 valence electrons. The highest BCUT2D eigenvalue weighted by molar-refractivity contribution is 5.97. The normalized spacial score (nSPS) is 10.5. The molecule has 0 unspecified atom stereocenters. The molecule has 0 aliphatic carbocycles. The topological polar surface area (TPSA) is 115 Å². The molecule has 2 amide bonds. The van der Waals surface area contributed by atoms with Gasteiger partial charge in [-0.1, -0.05) is 17.7 Å². The number of methoxy groups -OCH3 is 2. The second-order valence-corrected chi connectivity index (χ2v) is 7.37. The lowest BCUT2D eigenvalue weighted by atomic mass is 10.1. The number of nitrogens with one attached hydrogen (secondary N) is 2. The molecular formula is C26H25N3O6. The molecule has 0 atom stereocenters. The highest BCUT2D eigenvalue weighted by atomic mass is 16.5. The summed E-state index contributed by atoms with van der Waals surface area (Å²) in [4.78, 5) is 36.5.